The molecule has 0 radical (unpaired) electrons. The van der Waals surface area contributed by atoms with Crippen LogP contribution in [0.1, 0.15) is 144 Å². The van der Waals surface area contributed by atoms with Gasteiger partial charge in [0.1, 0.15) is 0 Å². The van der Waals surface area contributed by atoms with Crippen LogP contribution in [0.25, 0.3) is 0 Å². The van der Waals surface area contributed by atoms with E-state index < -0.39 is 18.4 Å². The molecule has 0 aliphatic rings. The molecule has 0 aromatic heterocycles. The molecular formula is C26H56Sn. The summed E-state index contributed by atoms with van der Waals surface area (Å²) in [5, 5.41) is 0. The quantitative estimate of drug-likeness (QED) is 0.118. The molecule has 0 aliphatic carbocycles. The molecule has 0 nitrogen and oxygen atoms in total. The Balaban J connectivity index is 5.97. The van der Waals surface area contributed by atoms with E-state index in [0.717, 1.165) is 3.43 Å². The van der Waals surface area contributed by atoms with E-state index in [0.29, 0.717) is 0 Å². The number of rotatable bonds is 20. The van der Waals surface area contributed by atoms with Crippen LogP contribution in [0.15, 0.2) is 0 Å². The maximum absolute atomic E-state index is 2.44. The maximum atomic E-state index is 2.44. The topological polar surface area (TPSA) is 0 Å². The molecule has 0 aliphatic heterocycles. The zero-order valence-electron chi connectivity index (χ0n) is 20.4. The molecule has 27 heavy (non-hydrogen) atoms. The van der Waals surface area contributed by atoms with Crippen molar-refractivity contribution >= 4 is 18.4 Å². The average molecular weight is 487 g/mol. The first-order valence-corrected chi connectivity index (χ1v) is 20.6. The Kier molecular flexibility index (Phi) is 18.2. The molecule has 0 heterocycles. The molecule has 0 atom stereocenters. The molecular weight excluding hydrogens is 431 g/mol. The van der Waals surface area contributed by atoms with Crippen LogP contribution in [0.4, 0.5) is 0 Å². The summed E-state index contributed by atoms with van der Waals surface area (Å²) < 4.78 is 5.98. The first kappa shape index (κ1) is 27.8. The predicted molar refractivity (Wildman–Crippen MR) is 131 cm³/mol. The zero-order valence-corrected chi connectivity index (χ0v) is 23.3. The van der Waals surface area contributed by atoms with Crippen LogP contribution in [0.2, 0.25) is 16.7 Å². The van der Waals surface area contributed by atoms with Gasteiger partial charge in [-0.1, -0.05) is 0 Å². The summed E-state index contributed by atoms with van der Waals surface area (Å²) in [6.45, 7) is 14.6. The SMILES string of the molecule is CCCC[CH2][Sn]([CH2]CCC)([CH2]CCC)[C](CCCC)(CCCC)CCCC. The summed E-state index contributed by atoms with van der Waals surface area (Å²) in [6.07, 6.45) is 23.9. The van der Waals surface area contributed by atoms with Crippen LogP contribution in [0.3, 0.4) is 0 Å². The van der Waals surface area contributed by atoms with Crippen LogP contribution in [0.5, 0.6) is 0 Å². The van der Waals surface area contributed by atoms with E-state index >= 15 is 0 Å². The van der Waals surface area contributed by atoms with Crippen LogP contribution in [-0.4, -0.2) is 18.4 Å². The molecule has 0 aromatic carbocycles. The van der Waals surface area contributed by atoms with E-state index in [1.54, 1.807) is 39.0 Å². The van der Waals surface area contributed by atoms with Gasteiger partial charge in [0, 0.05) is 0 Å². The van der Waals surface area contributed by atoms with Crippen molar-refractivity contribution < 1.29 is 0 Å². The van der Waals surface area contributed by atoms with Gasteiger partial charge in [-0.05, 0) is 0 Å². The number of hydrogen-bond acceptors (Lipinski definition) is 0. The molecule has 0 N–H and O–H groups in total. The number of hydrogen-bond donors (Lipinski definition) is 0. The molecule has 0 saturated heterocycles. The van der Waals surface area contributed by atoms with Crippen LogP contribution in [-0.2, 0) is 0 Å². The van der Waals surface area contributed by atoms with Crippen molar-refractivity contribution in [1.29, 1.82) is 0 Å². The zero-order chi connectivity index (χ0) is 20.4. The average Bonchev–Trinajstić information content (AvgIpc) is 2.69. The van der Waals surface area contributed by atoms with Crippen LogP contribution >= 0.6 is 0 Å². The van der Waals surface area contributed by atoms with Gasteiger partial charge in [0.05, 0.1) is 0 Å². The molecule has 0 aromatic rings. The van der Waals surface area contributed by atoms with Gasteiger partial charge in [0.25, 0.3) is 0 Å². The Hall–Kier alpha value is 0.799. The van der Waals surface area contributed by atoms with Crippen molar-refractivity contribution in [3.63, 3.8) is 0 Å². The van der Waals surface area contributed by atoms with Crippen molar-refractivity contribution in [2.24, 2.45) is 0 Å². The normalized spacial score (nSPS) is 12.7. The third kappa shape index (κ3) is 9.90. The van der Waals surface area contributed by atoms with E-state index in [4.69, 9.17) is 0 Å². The molecule has 0 saturated carbocycles. The summed E-state index contributed by atoms with van der Waals surface area (Å²) in [7, 11) is 0. The molecule has 0 fully saturated rings. The van der Waals surface area contributed by atoms with Crippen LogP contribution in [0, 0.1) is 0 Å². The van der Waals surface area contributed by atoms with Crippen LogP contribution < -0.4 is 0 Å². The molecule has 0 rings (SSSR count). The summed E-state index contributed by atoms with van der Waals surface area (Å²) >= 11 is -2.23. The van der Waals surface area contributed by atoms with E-state index in [-0.39, 0.29) is 0 Å². The van der Waals surface area contributed by atoms with E-state index in [1.165, 1.54) is 77.0 Å². The Morgan fingerprint density at radius 1 is 0.407 bits per heavy atom. The fourth-order valence-corrected chi connectivity index (χ4v) is 26.9. The summed E-state index contributed by atoms with van der Waals surface area (Å²) in [5.74, 6) is 0. The van der Waals surface area contributed by atoms with Crippen molar-refractivity contribution in [2.45, 2.75) is 161 Å². The van der Waals surface area contributed by atoms with Gasteiger partial charge in [0.15, 0.2) is 0 Å². The third-order valence-corrected chi connectivity index (χ3v) is 27.2. The monoisotopic (exact) mass is 488 g/mol. The molecule has 164 valence electrons. The standard InChI is InChI=1S/C13H27.C5H11.2C4H9.Sn/c1-4-7-10-13(11-8-5-2)12-9-6-3;1-3-5-4-2;2*1-3-4-2;/h4-12H2,1-3H3;1,3-5H2,2H3;2*1,3-4H2,2H3;. The first-order valence-electron chi connectivity index (χ1n) is 13.1. The van der Waals surface area contributed by atoms with Gasteiger partial charge in [-0.15, -0.1) is 0 Å². The van der Waals surface area contributed by atoms with Gasteiger partial charge in [-0.2, -0.15) is 0 Å². The summed E-state index contributed by atoms with van der Waals surface area (Å²) in [6, 6.07) is 0. The van der Waals surface area contributed by atoms with Gasteiger partial charge in [-0.25, -0.2) is 0 Å². The molecule has 0 bridgehead atoms. The first-order chi connectivity index (χ1) is 13.1. The third-order valence-electron chi connectivity index (χ3n) is 7.43. The van der Waals surface area contributed by atoms with E-state index in [2.05, 4.69) is 41.5 Å². The minimum atomic E-state index is -2.23. The second-order valence-corrected chi connectivity index (χ2v) is 24.2. The van der Waals surface area contributed by atoms with Gasteiger partial charge >= 0.3 is 179 Å². The van der Waals surface area contributed by atoms with Crippen molar-refractivity contribution in [3.05, 3.63) is 0 Å². The Labute approximate surface area is 178 Å². The molecule has 0 unspecified atom stereocenters. The second kappa shape index (κ2) is 17.6. The van der Waals surface area contributed by atoms with E-state index in [1.807, 2.05) is 0 Å². The van der Waals surface area contributed by atoms with Crippen molar-refractivity contribution in [3.8, 4) is 0 Å². The Bertz CT molecular complexity index is 280. The van der Waals surface area contributed by atoms with Crippen molar-refractivity contribution in [1.82, 2.24) is 0 Å². The summed E-state index contributed by atoms with van der Waals surface area (Å²) in [4.78, 5) is 0. The van der Waals surface area contributed by atoms with Gasteiger partial charge in [-0.3, -0.25) is 0 Å². The van der Waals surface area contributed by atoms with Gasteiger partial charge < -0.3 is 0 Å². The fraction of sp³-hybridized carbons (Fsp3) is 1.00. The Morgan fingerprint density at radius 2 is 0.741 bits per heavy atom. The molecule has 1 heteroatoms. The summed E-state index contributed by atoms with van der Waals surface area (Å²) in [5.41, 5.74) is 0. The fourth-order valence-electron chi connectivity index (χ4n) is 5.63. The number of unbranched alkanes of at least 4 members (excludes halogenated alkanes) is 7. The van der Waals surface area contributed by atoms with Crippen molar-refractivity contribution in [2.75, 3.05) is 0 Å². The predicted octanol–water partition coefficient (Wildman–Crippen LogP) is 10.5. The van der Waals surface area contributed by atoms with E-state index in [9.17, 15) is 0 Å². The Morgan fingerprint density at radius 3 is 1.07 bits per heavy atom. The minimum absolute atomic E-state index is 0.828. The molecule has 0 amide bonds. The second-order valence-electron chi connectivity index (χ2n) is 9.54. The molecule has 0 spiro atoms. The van der Waals surface area contributed by atoms with Gasteiger partial charge in [0.2, 0.25) is 0 Å².